The number of hydrogen-bond donors (Lipinski definition) is 0. The summed E-state index contributed by atoms with van der Waals surface area (Å²) in [7, 11) is 0. The molecule has 0 spiro atoms. The van der Waals surface area contributed by atoms with E-state index in [4.69, 9.17) is 0 Å². The molecule has 0 N–H and O–H groups in total. The van der Waals surface area contributed by atoms with E-state index >= 15 is 0 Å². The smallest absolute Gasteiger partial charge is 0.257 e. The van der Waals surface area contributed by atoms with Gasteiger partial charge in [-0.05, 0) is 31.2 Å². The van der Waals surface area contributed by atoms with Gasteiger partial charge in [-0.1, -0.05) is 18.2 Å². The van der Waals surface area contributed by atoms with Crippen LogP contribution in [-0.4, -0.2) is 36.5 Å². The minimum Gasteiger partial charge on any atom is -0.365 e. The average molecular weight is 334 g/mol. The van der Waals surface area contributed by atoms with Gasteiger partial charge >= 0.3 is 0 Å². The molecule has 0 aromatic heterocycles. The van der Waals surface area contributed by atoms with Crippen molar-refractivity contribution in [3.8, 4) is 0 Å². The van der Waals surface area contributed by atoms with Gasteiger partial charge in [-0.2, -0.15) is 0 Å². The third-order valence-corrected chi connectivity index (χ3v) is 4.26. The lowest BCUT2D eigenvalue weighted by Gasteiger charge is -2.41. The summed E-state index contributed by atoms with van der Waals surface area (Å²) in [6, 6.07) is 9.76. The Hall–Kier alpha value is -2.50. The Bertz CT molecular complexity index is 766. The maximum atomic E-state index is 13.9. The highest BCUT2D eigenvalue weighted by Crippen LogP contribution is 2.24. The Morgan fingerprint density at radius 2 is 1.71 bits per heavy atom. The molecule has 0 saturated carbocycles. The van der Waals surface area contributed by atoms with Gasteiger partial charge in [0.25, 0.3) is 5.91 Å². The molecule has 2 aromatic carbocycles. The van der Waals surface area contributed by atoms with E-state index < -0.39 is 17.5 Å². The molecular weight excluding hydrogens is 317 g/mol. The molecule has 1 saturated heterocycles. The van der Waals surface area contributed by atoms with Crippen molar-refractivity contribution < 1.29 is 18.0 Å². The molecule has 1 amide bonds. The summed E-state index contributed by atoms with van der Waals surface area (Å²) in [5.74, 6) is -3.04. The molecule has 3 nitrogen and oxygen atoms in total. The first-order valence-corrected chi connectivity index (χ1v) is 7.73. The highest BCUT2D eigenvalue weighted by molar-refractivity contribution is 5.95. The number of piperazine rings is 1. The van der Waals surface area contributed by atoms with Crippen molar-refractivity contribution >= 4 is 11.6 Å². The molecule has 0 radical (unpaired) electrons. The number of halogens is 3. The number of rotatable bonds is 2. The van der Waals surface area contributed by atoms with Gasteiger partial charge in [0.1, 0.15) is 5.82 Å². The maximum Gasteiger partial charge on any atom is 0.257 e. The number of benzene rings is 2. The summed E-state index contributed by atoms with van der Waals surface area (Å²) in [4.78, 5) is 15.9. The van der Waals surface area contributed by atoms with Gasteiger partial charge in [0.15, 0.2) is 11.6 Å². The van der Waals surface area contributed by atoms with Gasteiger partial charge < -0.3 is 9.80 Å². The minimum atomic E-state index is -1.13. The van der Waals surface area contributed by atoms with Gasteiger partial charge in [-0.25, -0.2) is 13.2 Å². The van der Waals surface area contributed by atoms with Crippen molar-refractivity contribution in [3.63, 3.8) is 0 Å². The topological polar surface area (TPSA) is 23.6 Å². The SMILES string of the molecule is CC1CN(c2ccccc2F)CCN1C(=O)c1cccc(F)c1F. The standard InChI is InChI=1S/C18H17F3N2O/c1-12-11-22(16-8-3-2-6-14(16)19)9-10-23(12)18(24)13-5-4-7-15(20)17(13)21/h2-8,12H,9-11H2,1H3. The van der Waals surface area contributed by atoms with Crippen molar-refractivity contribution in [2.75, 3.05) is 24.5 Å². The largest absolute Gasteiger partial charge is 0.365 e. The number of carbonyl (C=O) groups excluding carboxylic acids is 1. The van der Waals surface area contributed by atoms with E-state index in [1.54, 1.807) is 18.2 Å². The van der Waals surface area contributed by atoms with E-state index in [9.17, 15) is 18.0 Å². The molecule has 2 aromatic rings. The lowest BCUT2D eigenvalue weighted by Crippen LogP contribution is -2.54. The molecule has 6 heteroatoms. The first-order chi connectivity index (χ1) is 11.5. The van der Waals surface area contributed by atoms with Crippen LogP contribution in [0.5, 0.6) is 0 Å². The Morgan fingerprint density at radius 3 is 2.42 bits per heavy atom. The Balaban J connectivity index is 1.78. The van der Waals surface area contributed by atoms with Crippen LogP contribution >= 0.6 is 0 Å². The second-order valence-electron chi connectivity index (χ2n) is 5.85. The molecule has 1 fully saturated rings. The maximum absolute atomic E-state index is 13.9. The summed E-state index contributed by atoms with van der Waals surface area (Å²) < 4.78 is 41.1. The molecular formula is C18H17F3N2O. The molecule has 24 heavy (non-hydrogen) atoms. The molecule has 1 aliphatic rings. The second kappa shape index (κ2) is 6.55. The first-order valence-electron chi connectivity index (χ1n) is 7.73. The summed E-state index contributed by atoms with van der Waals surface area (Å²) >= 11 is 0. The van der Waals surface area contributed by atoms with Crippen molar-refractivity contribution in [1.29, 1.82) is 0 Å². The molecule has 3 rings (SSSR count). The summed E-state index contributed by atoms with van der Waals surface area (Å²) in [5, 5.41) is 0. The first kappa shape index (κ1) is 16.4. The minimum absolute atomic E-state index is 0.256. The summed E-state index contributed by atoms with van der Waals surface area (Å²) in [5.41, 5.74) is 0.203. The van der Waals surface area contributed by atoms with Crippen LogP contribution in [0.4, 0.5) is 18.9 Å². The van der Waals surface area contributed by atoms with E-state index in [2.05, 4.69) is 0 Å². The van der Waals surface area contributed by atoms with Crippen LogP contribution in [0.25, 0.3) is 0 Å². The van der Waals surface area contributed by atoms with E-state index in [1.165, 1.54) is 23.1 Å². The van der Waals surface area contributed by atoms with Crippen molar-refractivity contribution in [2.24, 2.45) is 0 Å². The van der Waals surface area contributed by atoms with Crippen LogP contribution in [0.2, 0.25) is 0 Å². The Labute approximate surface area is 138 Å². The molecule has 0 bridgehead atoms. The highest BCUT2D eigenvalue weighted by Gasteiger charge is 2.30. The van der Waals surface area contributed by atoms with E-state index in [0.29, 0.717) is 25.3 Å². The Kier molecular flexibility index (Phi) is 4.46. The number of amides is 1. The fourth-order valence-corrected chi connectivity index (χ4v) is 3.01. The fourth-order valence-electron chi connectivity index (χ4n) is 3.01. The third kappa shape index (κ3) is 2.96. The number of hydrogen-bond acceptors (Lipinski definition) is 2. The number of nitrogens with zero attached hydrogens (tertiary/aromatic N) is 2. The normalized spacial score (nSPS) is 17.9. The van der Waals surface area contributed by atoms with E-state index in [0.717, 1.165) is 6.07 Å². The average Bonchev–Trinajstić information content (AvgIpc) is 2.57. The van der Waals surface area contributed by atoms with Crippen LogP contribution in [-0.2, 0) is 0 Å². The second-order valence-corrected chi connectivity index (χ2v) is 5.85. The van der Waals surface area contributed by atoms with Crippen LogP contribution < -0.4 is 4.90 Å². The van der Waals surface area contributed by atoms with Crippen molar-refractivity contribution in [1.82, 2.24) is 4.90 Å². The van der Waals surface area contributed by atoms with E-state index in [1.807, 2.05) is 11.8 Å². The zero-order valence-electron chi connectivity index (χ0n) is 13.2. The highest BCUT2D eigenvalue weighted by atomic mass is 19.2. The zero-order chi connectivity index (χ0) is 17.3. The molecule has 0 aliphatic carbocycles. The van der Waals surface area contributed by atoms with Gasteiger partial charge in [0, 0.05) is 25.7 Å². The van der Waals surface area contributed by atoms with E-state index in [-0.39, 0.29) is 17.4 Å². The molecule has 126 valence electrons. The van der Waals surface area contributed by atoms with Gasteiger partial charge in [-0.3, -0.25) is 4.79 Å². The van der Waals surface area contributed by atoms with Crippen LogP contribution in [0.3, 0.4) is 0 Å². The van der Waals surface area contributed by atoms with Crippen molar-refractivity contribution in [2.45, 2.75) is 13.0 Å². The van der Waals surface area contributed by atoms with Gasteiger partial charge in [0.2, 0.25) is 0 Å². The predicted molar refractivity (Wildman–Crippen MR) is 85.5 cm³/mol. The van der Waals surface area contributed by atoms with Crippen LogP contribution in [0.15, 0.2) is 42.5 Å². The molecule has 1 unspecified atom stereocenters. The zero-order valence-corrected chi connectivity index (χ0v) is 13.2. The van der Waals surface area contributed by atoms with Crippen molar-refractivity contribution in [3.05, 3.63) is 65.5 Å². The fraction of sp³-hybridized carbons (Fsp3) is 0.278. The number of carbonyl (C=O) groups is 1. The monoisotopic (exact) mass is 334 g/mol. The molecule has 1 heterocycles. The van der Waals surface area contributed by atoms with Crippen LogP contribution in [0.1, 0.15) is 17.3 Å². The Morgan fingerprint density at radius 1 is 1.00 bits per heavy atom. The van der Waals surface area contributed by atoms with Crippen LogP contribution in [0, 0.1) is 17.5 Å². The molecule has 1 aliphatic heterocycles. The van der Waals surface area contributed by atoms with Gasteiger partial charge in [0.05, 0.1) is 11.3 Å². The predicted octanol–water partition coefficient (Wildman–Crippen LogP) is 3.45. The third-order valence-electron chi connectivity index (χ3n) is 4.26. The lowest BCUT2D eigenvalue weighted by molar-refractivity contribution is 0.0668. The summed E-state index contributed by atoms with van der Waals surface area (Å²) in [6.07, 6.45) is 0. The molecule has 1 atom stereocenters. The number of para-hydroxylation sites is 1. The quantitative estimate of drug-likeness (QED) is 0.840. The summed E-state index contributed by atoms with van der Waals surface area (Å²) in [6.45, 7) is 2.96. The van der Waals surface area contributed by atoms with Gasteiger partial charge in [-0.15, -0.1) is 0 Å². The number of anilines is 1. The lowest BCUT2D eigenvalue weighted by atomic mass is 10.1.